The minimum Gasteiger partial charge on any atom is -0.460 e. The molecule has 4 rings (SSSR count). The number of allylic oxidation sites excluding steroid dienone is 6. The fourth-order valence-electron chi connectivity index (χ4n) is 12.8. The quantitative estimate of drug-likeness (QED) is 0.0291. The summed E-state index contributed by atoms with van der Waals surface area (Å²) in [6, 6.07) is -3.88. The lowest BCUT2D eigenvalue weighted by Crippen LogP contribution is -2.61. The van der Waals surface area contributed by atoms with Crippen LogP contribution in [0.4, 0.5) is 4.79 Å². The molecule has 8 N–H and O–H groups in total. The van der Waals surface area contributed by atoms with E-state index < -0.39 is 132 Å². The molecule has 2 unspecified atom stereocenters. The number of nitrogens with two attached hydrogens (primary N) is 1. The van der Waals surface area contributed by atoms with Gasteiger partial charge < -0.3 is 70.5 Å². The van der Waals surface area contributed by atoms with Gasteiger partial charge in [-0.3, -0.25) is 33.6 Å². The lowest BCUT2D eigenvalue weighted by Gasteiger charge is -2.42. The number of fused-ring (bicyclic) bond motifs is 3. The number of aliphatic hydroxyl groups is 2. The second-order valence-electron chi connectivity index (χ2n) is 26.3. The van der Waals surface area contributed by atoms with Gasteiger partial charge in [0.25, 0.3) is 11.7 Å². The fraction of sp³-hybridized carbons (Fsp3) is 0.750. The van der Waals surface area contributed by atoms with E-state index in [1.54, 1.807) is 61.8 Å². The summed E-state index contributed by atoms with van der Waals surface area (Å²) in [4.78, 5) is 125. The third kappa shape index (κ3) is 23.7. The first kappa shape index (κ1) is 77.8. The summed E-state index contributed by atoms with van der Waals surface area (Å²) < 4.78 is 36.2. The highest BCUT2D eigenvalue weighted by Crippen LogP contribution is 2.38. The van der Waals surface area contributed by atoms with E-state index in [1.807, 2.05) is 58.1 Å². The van der Waals surface area contributed by atoms with Crippen molar-refractivity contribution in [1.82, 2.24) is 26.2 Å². The number of urea groups is 1. The molecule has 514 valence electrons. The zero-order valence-corrected chi connectivity index (χ0v) is 56.5. The molecule has 0 spiro atoms. The van der Waals surface area contributed by atoms with Gasteiger partial charge in [-0.15, -0.1) is 0 Å². The molecule has 91 heavy (non-hydrogen) atoms. The Hall–Kier alpha value is -5.69. The van der Waals surface area contributed by atoms with Crippen molar-refractivity contribution in [3.8, 4) is 0 Å². The van der Waals surface area contributed by atoms with Crippen molar-refractivity contribution in [1.29, 1.82) is 0 Å². The molecule has 17 atom stereocenters. The third-order valence-corrected chi connectivity index (χ3v) is 18.6. The van der Waals surface area contributed by atoms with Crippen LogP contribution in [0.3, 0.4) is 0 Å². The predicted molar refractivity (Wildman–Crippen MR) is 342 cm³/mol. The molecule has 1 saturated carbocycles. The van der Waals surface area contributed by atoms with Gasteiger partial charge in [-0.2, -0.15) is 0 Å². The van der Waals surface area contributed by atoms with Crippen LogP contribution in [0.1, 0.15) is 172 Å². The number of hydrogen-bond donors (Lipinski definition) is 7. The number of amides is 6. The van der Waals surface area contributed by atoms with E-state index in [0.29, 0.717) is 76.3 Å². The molecule has 0 aromatic heterocycles. The molecule has 1 aliphatic carbocycles. The molecule has 6 amide bonds. The molecular formula is C68H110N6O17. The van der Waals surface area contributed by atoms with Gasteiger partial charge in [-0.1, -0.05) is 98.3 Å². The number of unbranched alkanes of at least 4 members (excludes halogenated alkanes) is 1. The van der Waals surface area contributed by atoms with E-state index in [1.165, 1.54) is 7.11 Å². The number of carbonyl (C=O) groups is 9. The molecule has 4 aliphatic rings. The minimum absolute atomic E-state index is 0.0235. The van der Waals surface area contributed by atoms with Crippen molar-refractivity contribution < 1.29 is 81.8 Å². The maximum absolute atomic E-state index is 14.7. The molecule has 0 aromatic rings. The molecule has 3 aliphatic heterocycles. The predicted octanol–water partition coefficient (Wildman–Crippen LogP) is 6.20. The van der Waals surface area contributed by atoms with E-state index in [0.717, 1.165) is 23.3 Å². The van der Waals surface area contributed by atoms with E-state index in [4.69, 9.17) is 34.2 Å². The van der Waals surface area contributed by atoms with Gasteiger partial charge >= 0.3 is 12.0 Å². The van der Waals surface area contributed by atoms with Crippen molar-refractivity contribution in [2.24, 2.45) is 47.2 Å². The van der Waals surface area contributed by atoms with Crippen LogP contribution in [0.2, 0.25) is 0 Å². The summed E-state index contributed by atoms with van der Waals surface area (Å²) in [5.74, 6) is -10.7. The van der Waals surface area contributed by atoms with E-state index in [-0.39, 0.29) is 74.0 Å². The monoisotopic (exact) mass is 1280 g/mol. The zero-order valence-electron chi connectivity index (χ0n) is 56.5. The Labute approximate surface area is 539 Å². The first-order chi connectivity index (χ1) is 43.1. The summed E-state index contributed by atoms with van der Waals surface area (Å²) in [6.45, 7) is 18.3. The SMILES string of the molecule is CCCCNC(=O)[C@H](CCCNC(N)=O)NC(=O)[C@@H](NC(=O)CO[C@@H]1CC[C@@H](C[C@@H](C)[C@@H]2CC(=O)[C@H](C)/C=C(\C)[C@@H](O)[C@@H](OC)C(=O)[C@H](C)C[C@H](C)/C=C/C=C/C=C(\C)[C@@H](OC)CC3CC[C@@H](C)[C@@](O)(O3)C(=O)C(=O)N3CCCCC3C(=O)O2)C[C@H]1OC)C(C)C. The van der Waals surface area contributed by atoms with Crippen LogP contribution >= 0.6 is 0 Å². The van der Waals surface area contributed by atoms with E-state index in [9.17, 15) is 53.4 Å². The highest BCUT2D eigenvalue weighted by atomic mass is 16.6. The topological polar surface area (TPSA) is 327 Å². The lowest BCUT2D eigenvalue weighted by molar-refractivity contribution is -0.265. The van der Waals surface area contributed by atoms with Crippen molar-refractivity contribution in [3.63, 3.8) is 0 Å². The molecule has 23 heteroatoms. The number of nitrogens with zero attached hydrogens (tertiary/aromatic N) is 1. The third-order valence-electron chi connectivity index (χ3n) is 18.6. The first-order valence-corrected chi connectivity index (χ1v) is 33.1. The number of methoxy groups -OCH3 is 3. The standard InChI is InChI=1S/C68H110N6O17/c1-14-15-30-70-63(80)50(24-21-31-71-67(69)84)72-64(81)58(40(2)3)73-57(76)39-89-53-29-27-48(36-56(53)87-12)35-44(7)55-38-52(75)43(6)34-46(9)60(78)61(88-13)59(77)45(8)33-41(4)22-17-16-18-23-42(5)54(86-11)37-49-28-26-47(10)68(85,91-49)62(79)65(82)74-32-20-19-25-51(74)66(83)90-55/h16-18,22-23,34,40-41,43-45,47-51,53-56,58,60-61,78,85H,14-15,19-21,24-33,35-39H2,1-13H3,(H,70,80)(H,72,81)(H,73,76)(H3,69,71,84)/b18-16+,22-17+,42-23+,46-34+/t41-,43-,44-,45-,47-,48+,49?,50+,51?,53-,54+,55+,56-,58+,60-,61+,68-/m1/s1. The second-order valence-corrected chi connectivity index (χ2v) is 26.3. The van der Waals surface area contributed by atoms with E-state index in [2.05, 4.69) is 21.3 Å². The Morgan fingerprint density at radius 2 is 1.53 bits per heavy atom. The maximum Gasteiger partial charge on any atom is 0.329 e. The van der Waals surface area contributed by atoms with Crippen LogP contribution in [-0.4, -0.2) is 182 Å². The molecule has 2 bridgehead atoms. The molecule has 0 radical (unpaired) electrons. The Balaban J connectivity index is 1.58. The number of primary amides is 1. The smallest absolute Gasteiger partial charge is 0.329 e. The van der Waals surface area contributed by atoms with E-state index >= 15 is 0 Å². The fourth-order valence-corrected chi connectivity index (χ4v) is 12.8. The number of cyclic esters (lactones) is 1. The van der Waals surface area contributed by atoms with Gasteiger partial charge in [-0.05, 0) is 132 Å². The highest BCUT2D eigenvalue weighted by molar-refractivity contribution is 6.39. The van der Waals surface area contributed by atoms with Gasteiger partial charge in [-0.25, -0.2) is 9.59 Å². The van der Waals surface area contributed by atoms with Gasteiger partial charge in [0.2, 0.25) is 23.5 Å². The normalized spacial score (nSPS) is 32.7. The number of aliphatic hydroxyl groups excluding tert-OH is 1. The van der Waals surface area contributed by atoms with Crippen LogP contribution in [0.15, 0.2) is 47.6 Å². The Morgan fingerprint density at radius 1 is 0.813 bits per heavy atom. The van der Waals surface area contributed by atoms with Crippen molar-refractivity contribution in [2.45, 2.75) is 239 Å². The van der Waals surface area contributed by atoms with Gasteiger partial charge in [0.15, 0.2) is 5.78 Å². The Morgan fingerprint density at radius 3 is 2.19 bits per heavy atom. The largest absolute Gasteiger partial charge is 0.460 e. The lowest BCUT2D eigenvalue weighted by atomic mass is 9.78. The Bertz CT molecular complexity index is 2550. The molecule has 23 nitrogen and oxygen atoms in total. The van der Waals surface area contributed by atoms with Crippen molar-refractivity contribution in [2.75, 3.05) is 47.6 Å². The zero-order chi connectivity index (χ0) is 67.7. The van der Waals surface area contributed by atoms with Crippen molar-refractivity contribution in [3.05, 3.63) is 47.6 Å². The molecule has 2 saturated heterocycles. The number of Topliss-reactive ketones (excluding diaryl/α,β-unsaturated/α-hetero) is 3. The highest BCUT2D eigenvalue weighted by Gasteiger charge is 2.53. The average Bonchev–Trinajstić information content (AvgIpc) is 1.16. The van der Waals surface area contributed by atoms with Crippen LogP contribution < -0.4 is 27.0 Å². The van der Waals surface area contributed by atoms with Crippen LogP contribution in [0, 0.1) is 41.4 Å². The first-order valence-electron chi connectivity index (χ1n) is 33.1. The summed E-state index contributed by atoms with van der Waals surface area (Å²) in [5, 5.41) is 34.6. The van der Waals surface area contributed by atoms with Crippen molar-refractivity contribution >= 4 is 53.0 Å². The number of carbonyl (C=O) groups excluding carboxylic acids is 9. The minimum atomic E-state index is -2.49. The van der Waals surface area contributed by atoms with Crippen LogP contribution in [-0.2, 0) is 66.8 Å². The summed E-state index contributed by atoms with van der Waals surface area (Å²) in [7, 11) is 4.46. The Kier molecular flexibility index (Phi) is 32.9. The number of piperidine rings is 1. The summed E-state index contributed by atoms with van der Waals surface area (Å²) in [6.07, 6.45) is 11.9. The second kappa shape index (κ2) is 38.5. The molecule has 3 fully saturated rings. The van der Waals surface area contributed by atoms with Crippen LogP contribution in [0.25, 0.3) is 0 Å². The summed E-state index contributed by atoms with van der Waals surface area (Å²) in [5.41, 5.74) is 6.39. The number of ether oxygens (including phenoxy) is 6. The van der Waals surface area contributed by atoms with Gasteiger partial charge in [0, 0.05) is 71.6 Å². The number of rotatable bonds is 21. The molecular weight excluding hydrogens is 1170 g/mol. The number of hydrogen-bond acceptors (Lipinski definition) is 17. The maximum atomic E-state index is 14.7. The number of ketones is 3. The van der Waals surface area contributed by atoms with Gasteiger partial charge in [0.1, 0.15) is 48.8 Å². The van der Waals surface area contributed by atoms with Crippen LogP contribution in [0.5, 0.6) is 0 Å². The number of esters is 1. The average molecular weight is 1280 g/mol. The molecule has 3 heterocycles. The van der Waals surface area contributed by atoms with Gasteiger partial charge in [0.05, 0.1) is 24.4 Å². The summed E-state index contributed by atoms with van der Waals surface area (Å²) >= 11 is 0. The number of nitrogens with one attached hydrogen (secondary N) is 4. The molecule has 0 aromatic carbocycles.